The fourth-order valence-corrected chi connectivity index (χ4v) is 1.61. The van der Waals surface area contributed by atoms with Crippen molar-refractivity contribution >= 4 is 23.7 Å². The van der Waals surface area contributed by atoms with Crippen molar-refractivity contribution in [2.45, 2.75) is 0 Å². The Bertz CT molecular complexity index is 612. The number of carbonyl (C=O) groups excluding carboxylic acids is 1. The first kappa shape index (κ1) is 13.1. The number of nitrogens with zero attached hydrogens (tertiary/aromatic N) is 1. The van der Waals surface area contributed by atoms with Crippen LogP contribution in [0.3, 0.4) is 0 Å². The van der Waals surface area contributed by atoms with Gasteiger partial charge >= 0.3 is 0 Å². The minimum absolute atomic E-state index is 0.00482. The van der Waals surface area contributed by atoms with Gasteiger partial charge in [-0.05, 0) is 30.3 Å². The third-order valence-corrected chi connectivity index (χ3v) is 2.63. The highest BCUT2D eigenvalue weighted by molar-refractivity contribution is 6.30. The van der Waals surface area contributed by atoms with Crippen molar-refractivity contribution in [3.05, 3.63) is 64.7 Å². The SMILES string of the molecule is O=C(NN=Cc1ccc(Cl)cc1O)c1ccccc1. The number of halogens is 1. The molecule has 5 heteroatoms. The number of amides is 1. The lowest BCUT2D eigenvalue weighted by Crippen LogP contribution is -2.17. The summed E-state index contributed by atoms with van der Waals surface area (Å²) in [4.78, 5) is 11.7. The lowest BCUT2D eigenvalue weighted by Gasteiger charge is -2.00. The molecule has 0 saturated heterocycles. The Hall–Kier alpha value is -2.33. The Morgan fingerprint density at radius 1 is 1.21 bits per heavy atom. The molecule has 2 rings (SSSR count). The molecule has 0 unspecified atom stereocenters. The van der Waals surface area contributed by atoms with Crippen molar-refractivity contribution in [1.29, 1.82) is 0 Å². The van der Waals surface area contributed by atoms with Gasteiger partial charge in [0, 0.05) is 16.1 Å². The zero-order chi connectivity index (χ0) is 13.7. The Morgan fingerprint density at radius 3 is 2.63 bits per heavy atom. The van der Waals surface area contributed by atoms with Crippen LogP contribution in [0.2, 0.25) is 5.02 Å². The van der Waals surface area contributed by atoms with Crippen LogP contribution in [-0.4, -0.2) is 17.2 Å². The molecule has 0 aliphatic heterocycles. The first-order valence-electron chi connectivity index (χ1n) is 5.54. The highest BCUT2D eigenvalue weighted by Crippen LogP contribution is 2.20. The molecule has 0 saturated carbocycles. The molecule has 0 aliphatic rings. The molecule has 0 radical (unpaired) electrons. The van der Waals surface area contributed by atoms with E-state index in [1.807, 2.05) is 6.07 Å². The quantitative estimate of drug-likeness (QED) is 0.668. The van der Waals surface area contributed by atoms with Gasteiger partial charge < -0.3 is 5.11 Å². The summed E-state index contributed by atoms with van der Waals surface area (Å²) < 4.78 is 0. The van der Waals surface area contributed by atoms with Crippen molar-refractivity contribution in [1.82, 2.24) is 5.43 Å². The van der Waals surface area contributed by atoms with E-state index in [0.29, 0.717) is 16.1 Å². The lowest BCUT2D eigenvalue weighted by atomic mass is 10.2. The second-order valence-electron chi connectivity index (χ2n) is 3.77. The second kappa shape index (κ2) is 6.02. The van der Waals surface area contributed by atoms with Crippen LogP contribution in [0.1, 0.15) is 15.9 Å². The molecule has 0 spiro atoms. The molecule has 2 N–H and O–H groups in total. The summed E-state index contributed by atoms with van der Waals surface area (Å²) >= 11 is 5.71. The van der Waals surface area contributed by atoms with Crippen LogP contribution in [0.25, 0.3) is 0 Å². The highest BCUT2D eigenvalue weighted by atomic mass is 35.5. The number of phenolic OH excluding ortho intramolecular Hbond substituents is 1. The van der Waals surface area contributed by atoms with Crippen LogP contribution in [0.15, 0.2) is 53.6 Å². The molecule has 19 heavy (non-hydrogen) atoms. The predicted octanol–water partition coefficient (Wildman–Crippen LogP) is 2.81. The molecule has 0 fully saturated rings. The molecule has 2 aromatic carbocycles. The molecule has 1 amide bonds. The summed E-state index contributed by atoms with van der Waals surface area (Å²) in [5.74, 6) is -0.310. The zero-order valence-corrected chi connectivity index (χ0v) is 10.6. The van der Waals surface area contributed by atoms with Gasteiger partial charge in [0.05, 0.1) is 6.21 Å². The van der Waals surface area contributed by atoms with Gasteiger partial charge in [0.2, 0.25) is 0 Å². The monoisotopic (exact) mass is 274 g/mol. The van der Waals surface area contributed by atoms with Gasteiger partial charge in [0.25, 0.3) is 5.91 Å². The molecular weight excluding hydrogens is 264 g/mol. The topological polar surface area (TPSA) is 61.7 Å². The van der Waals surface area contributed by atoms with Gasteiger partial charge in [-0.25, -0.2) is 5.43 Å². The number of rotatable bonds is 3. The van der Waals surface area contributed by atoms with E-state index in [1.165, 1.54) is 12.3 Å². The van der Waals surface area contributed by atoms with Crippen molar-refractivity contribution in [3.8, 4) is 5.75 Å². The fourth-order valence-electron chi connectivity index (χ4n) is 1.44. The molecule has 0 bridgehead atoms. The average Bonchev–Trinajstić information content (AvgIpc) is 2.42. The third-order valence-electron chi connectivity index (χ3n) is 2.40. The number of aromatic hydroxyl groups is 1. The van der Waals surface area contributed by atoms with E-state index in [9.17, 15) is 9.90 Å². The Morgan fingerprint density at radius 2 is 1.95 bits per heavy atom. The molecule has 0 aromatic heterocycles. The first-order valence-corrected chi connectivity index (χ1v) is 5.91. The van der Waals surface area contributed by atoms with E-state index >= 15 is 0 Å². The lowest BCUT2D eigenvalue weighted by molar-refractivity contribution is 0.0955. The van der Waals surface area contributed by atoms with Crippen LogP contribution in [0.4, 0.5) is 0 Å². The third kappa shape index (κ3) is 3.56. The number of phenols is 1. The second-order valence-corrected chi connectivity index (χ2v) is 4.20. The van der Waals surface area contributed by atoms with E-state index in [2.05, 4.69) is 10.5 Å². The van der Waals surface area contributed by atoms with Gasteiger partial charge in [-0.1, -0.05) is 29.8 Å². The van der Waals surface area contributed by atoms with Crippen LogP contribution < -0.4 is 5.43 Å². The first-order chi connectivity index (χ1) is 9.16. The number of carbonyl (C=O) groups is 1. The summed E-state index contributed by atoms with van der Waals surface area (Å²) in [6.45, 7) is 0. The summed E-state index contributed by atoms with van der Waals surface area (Å²) in [6.07, 6.45) is 1.35. The summed E-state index contributed by atoms with van der Waals surface area (Å²) in [6, 6.07) is 13.4. The van der Waals surface area contributed by atoms with Gasteiger partial charge in [0.15, 0.2) is 0 Å². The number of nitrogens with one attached hydrogen (secondary N) is 1. The number of hydrogen-bond acceptors (Lipinski definition) is 3. The smallest absolute Gasteiger partial charge is 0.271 e. The highest BCUT2D eigenvalue weighted by Gasteiger charge is 2.02. The number of hydrogen-bond donors (Lipinski definition) is 2. The molecule has 0 heterocycles. The molecule has 4 nitrogen and oxygen atoms in total. The minimum Gasteiger partial charge on any atom is -0.507 e. The van der Waals surface area contributed by atoms with E-state index in [0.717, 1.165) is 0 Å². The molecular formula is C14H11ClN2O2. The average molecular weight is 275 g/mol. The summed E-state index contributed by atoms with van der Waals surface area (Å²) in [5, 5.41) is 13.8. The van der Waals surface area contributed by atoms with Crippen molar-refractivity contribution in [2.75, 3.05) is 0 Å². The summed E-state index contributed by atoms with van der Waals surface area (Å²) in [5.41, 5.74) is 3.36. The standard InChI is InChI=1S/C14H11ClN2O2/c15-12-7-6-11(13(18)8-12)9-16-17-14(19)10-4-2-1-3-5-10/h1-9,18H,(H,17,19). The number of hydrazone groups is 1. The summed E-state index contributed by atoms with van der Waals surface area (Å²) in [7, 11) is 0. The molecule has 2 aromatic rings. The normalized spacial score (nSPS) is 10.6. The van der Waals surface area contributed by atoms with Crippen molar-refractivity contribution in [3.63, 3.8) is 0 Å². The number of benzene rings is 2. The Kier molecular flexibility index (Phi) is 4.15. The van der Waals surface area contributed by atoms with Crippen molar-refractivity contribution in [2.24, 2.45) is 5.10 Å². The maximum Gasteiger partial charge on any atom is 0.271 e. The van der Waals surface area contributed by atoms with E-state index in [4.69, 9.17) is 11.6 Å². The predicted molar refractivity (Wildman–Crippen MR) is 74.6 cm³/mol. The maximum atomic E-state index is 11.7. The van der Waals surface area contributed by atoms with E-state index < -0.39 is 0 Å². The molecule has 0 atom stereocenters. The van der Waals surface area contributed by atoms with Crippen LogP contribution >= 0.6 is 11.6 Å². The van der Waals surface area contributed by atoms with E-state index in [1.54, 1.807) is 36.4 Å². The Balaban J connectivity index is 2.02. The van der Waals surface area contributed by atoms with Crippen molar-refractivity contribution < 1.29 is 9.90 Å². The van der Waals surface area contributed by atoms with Crippen LogP contribution in [0, 0.1) is 0 Å². The molecule has 96 valence electrons. The maximum absolute atomic E-state index is 11.7. The van der Waals surface area contributed by atoms with Crippen LogP contribution in [-0.2, 0) is 0 Å². The van der Waals surface area contributed by atoms with Crippen LogP contribution in [0.5, 0.6) is 5.75 Å². The van der Waals surface area contributed by atoms with Gasteiger partial charge in [-0.15, -0.1) is 0 Å². The van der Waals surface area contributed by atoms with Gasteiger partial charge in [-0.3, -0.25) is 4.79 Å². The zero-order valence-electron chi connectivity index (χ0n) is 9.88. The fraction of sp³-hybridized carbons (Fsp3) is 0. The Labute approximate surface area is 115 Å². The van der Waals surface area contributed by atoms with Gasteiger partial charge in [-0.2, -0.15) is 5.10 Å². The largest absolute Gasteiger partial charge is 0.507 e. The van der Waals surface area contributed by atoms with E-state index in [-0.39, 0.29) is 11.7 Å². The minimum atomic E-state index is -0.315. The molecule has 0 aliphatic carbocycles. The van der Waals surface area contributed by atoms with Gasteiger partial charge in [0.1, 0.15) is 5.75 Å².